The molecule has 0 radical (unpaired) electrons. The minimum Gasteiger partial charge on any atom is -0.772 e. The van der Waals surface area contributed by atoms with Crippen LogP contribution in [0.4, 0.5) is 0 Å². The van der Waals surface area contributed by atoms with E-state index in [2.05, 4.69) is 5.32 Å². The van der Waals surface area contributed by atoms with Gasteiger partial charge in [-0.2, -0.15) is 4.65 Å². The average Bonchev–Trinajstić information content (AvgIpc) is 2.48. The summed E-state index contributed by atoms with van der Waals surface area (Å²) in [5.74, 6) is 0.0722. The third kappa shape index (κ3) is 19.1. The summed E-state index contributed by atoms with van der Waals surface area (Å²) in [5, 5.41) is 12.2. The Balaban J connectivity index is 0. The summed E-state index contributed by atoms with van der Waals surface area (Å²) < 4.78 is 22.0. The molecule has 1 amide bonds. The molecule has 2 unspecified atom stereocenters. The molecule has 0 aromatic rings. The monoisotopic (exact) mass is 387 g/mol. The van der Waals surface area contributed by atoms with Crippen molar-refractivity contribution in [2.75, 3.05) is 27.2 Å². The Bertz CT molecular complexity index is 365. The van der Waals surface area contributed by atoms with Crippen LogP contribution in [0, 0.1) is 0 Å². The van der Waals surface area contributed by atoms with E-state index >= 15 is 0 Å². The van der Waals surface area contributed by atoms with E-state index in [-0.39, 0.29) is 45.4 Å². The zero-order chi connectivity index (χ0) is 18.4. The van der Waals surface area contributed by atoms with Gasteiger partial charge < -0.3 is 9.87 Å². The van der Waals surface area contributed by atoms with Crippen molar-refractivity contribution >= 4 is 17.0 Å². The summed E-state index contributed by atoms with van der Waals surface area (Å²) in [6, 6.07) is 0. The largest absolute Gasteiger partial charge is 1.00 e. The second kappa shape index (κ2) is 16.7. The van der Waals surface area contributed by atoms with Crippen molar-refractivity contribution in [1.29, 1.82) is 0 Å². The van der Waals surface area contributed by atoms with Gasteiger partial charge in [0, 0.05) is 24.6 Å². The molecule has 2 N–H and O–H groups in total. The molecule has 8 heteroatoms. The Labute approximate surface area is 178 Å². The predicted octanol–water partition coefficient (Wildman–Crippen LogP) is -0.259. The minimum absolute atomic E-state index is 0. The molecular weight excluding hydrogens is 351 g/mol. The van der Waals surface area contributed by atoms with E-state index < -0.39 is 11.1 Å². The van der Waals surface area contributed by atoms with Crippen molar-refractivity contribution in [3.63, 3.8) is 0 Å². The number of hydrogen-bond donors (Lipinski definition) is 2. The molecule has 0 spiro atoms. The zero-order valence-corrected chi connectivity index (χ0v) is 19.4. The molecule has 2 atom stereocenters. The molecule has 0 heterocycles. The Morgan fingerprint density at radius 2 is 1.72 bits per heavy atom. The fraction of sp³-hybridized carbons (Fsp3) is 0.941. The Hall–Kier alpha value is 0.500. The van der Waals surface area contributed by atoms with Crippen LogP contribution in [0.5, 0.6) is 0 Å². The predicted molar refractivity (Wildman–Crippen MR) is 96.3 cm³/mol. The van der Waals surface area contributed by atoms with E-state index in [4.69, 9.17) is 0 Å². The number of hydroxylamine groups is 3. The van der Waals surface area contributed by atoms with Crippen LogP contribution in [-0.4, -0.2) is 57.0 Å². The SMILES string of the molecule is CCCC(CCCCCCCC(=O)NCCC[N+](C)(C)O)S(=O)[O-].[Na+]. The van der Waals surface area contributed by atoms with E-state index in [0.29, 0.717) is 19.5 Å². The molecule has 0 bridgehead atoms. The first-order chi connectivity index (χ1) is 11.3. The van der Waals surface area contributed by atoms with Crippen LogP contribution in [0.2, 0.25) is 0 Å². The second-order valence-corrected chi connectivity index (χ2v) is 8.21. The van der Waals surface area contributed by atoms with Crippen LogP contribution in [0.15, 0.2) is 0 Å². The molecule has 6 nitrogen and oxygen atoms in total. The van der Waals surface area contributed by atoms with Gasteiger partial charge in [0.15, 0.2) is 0 Å². The van der Waals surface area contributed by atoms with Crippen LogP contribution in [-0.2, 0) is 15.9 Å². The molecular formula is C17H36N2NaO4S+. The van der Waals surface area contributed by atoms with Crippen molar-refractivity contribution in [3.8, 4) is 0 Å². The molecule has 25 heavy (non-hydrogen) atoms. The first-order valence-corrected chi connectivity index (χ1v) is 10.3. The molecule has 144 valence electrons. The van der Waals surface area contributed by atoms with Crippen LogP contribution in [0.3, 0.4) is 0 Å². The fourth-order valence-electron chi connectivity index (χ4n) is 2.63. The quantitative estimate of drug-likeness (QED) is 0.133. The molecule has 0 rings (SSSR count). The van der Waals surface area contributed by atoms with Crippen molar-refractivity contribution < 1.29 is 53.0 Å². The van der Waals surface area contributed by atoms with Crippen LogP contribution in [0.25, 0.3) is 0 Å². The number of carbonyl (C=O) groups is 1. The summed E-state index contributed by atoms with van der Waals surface area (Å²) in [6.07, 6.45) is 8.62. The standard InChI is InChI=1S/C17H36N2O4S.Na/c1-4-11-16(24(22)23)12-8-6-5-7-9-13-17(20)18-14-10-15-19(2,3)21;/h16,21H,4-15H2,1-3H3,(H-,18,20,22,23);/q;+1. The first kappa shape index (κ1) is 27.7. The molecule has 0 aliphatic carbocycles. The number of carbonyl (C=O) groups excluding carboxylic acids is 1. The number of nitrogens with one attached hydrogen (secondary N) is 1. The maximum Gasteiger partial charge on any atom is 1.00 e. The van der Waals surface area contributed by atoms with Gasteiger partial charge in [0.25, 0.3) is 0 Å². The fourth-order valence-corrected chi connectivity index (χ4v) is 3.42. The summed E-state index contributed by atoms with van der Waals surface area (Å²) >= 11 is -1.95. The molecule has 0 fully saturated rings. The second-order valence-electron chi connectivity index (χ2n) is 7.03. The van der Waals surface area contributed by atoms with Crippen LogP contribution in [0.1, 0.15) is 71.1 Å². The average molecular weight is 388 g/mol. The number of rotatable bonds is 15. The van der Waals surface area contributed by atoms with Crippen molar-refractivity contribution in [2.45, 2.75) is 76.4 Å². The van der Waals surface area contributed by atoms with Crippen molar-refractivity contribution in [2.24, 2.45) is 0 Å². The van der Waals surface area contributed by atoms with E-state index in [1.54, 1.807) is 14.1 Å². The maximum absolute atomic E-state index is 11.6. The first-order valence-electron chi connectivity index (χ1n) is 9.16. The van der Waals surface area contributed by atoms with Gasteiger partial charge >= 0.3 is 29.6 Å². The van der Waals surface area contributed by atoms with Crippen LogP contribution < -0.4 is 34.9 Å². The topological polar surface area (TPSA) is 89.5 Å². The number of quaternary nitrogens is 1. The van der Waals surface area contributed by atoms with Gasteiger partial charge in [-0.15, -0.1) is 0 Å². The van der Waals surface area contributed by atoms with Gasteiger partial charge in [0.1, 0.15) is 6.54 Å². The Morgan fingerprint density at radius 1 is 1.12 bits per heavy atom. The Kier molecular flexibility index (Phi) is 18.5. The number of hydrogen-bond acceptors (Lipinski definition) is 4. The van der Waals surface area contributed by atoms with Crippen molar-refractivity contribution in [3.05, 3.63) is 0 Å². The van der Waals surface area contributed by atoms with Gasteiger partial charge in [0.2, 0.25) is 5.91 Å². The van der Waals surface area contributed by atoms with Gasteiger partial charge in [-0.05, 0) is 19.3 Å². The molecule has 0 saturated carbocycles. The van der Waals surface area contributed by atoms with E-state index in [0.717, 1.165) is 57.8 Å². The third-order valence-electron chi connectivity index (χ3n) is 4.02. The minimum atomic E-state index is -1.95. The van der Waals surface area contributed by atoms with E-state index in [1.165, 1.54) is 0 Å². The molecule has 0 aliphatic heterocycles. The summed E-state index contributed by atoms with van der Waals surface area (Å²) in [5.41, 5.74) is 0. The van der Waals surface area contributed by atoms with Crippen LogP contribution >= 0.6 is 0 Å². The summed E-state index contributed by atoms with van der Waals surface area (Å²) in [6.45, 7) is 3.23. The zero-order valence-electron chi connectivity index (χ0n) is 16.6. The Morgan fingerprint density at radius 3 is 2.28 bits per heavy atom. The number of amides is 1. The number of unbranched alkanes of at least 4 members (excludes halogenated alkanes) is 4. The van der Waals surface area contributed by atoms with Gasteiger partial charge in [-0.3, -0.25) is 9.00 Å². The molecule has 0 aromatic carbocycles. The molecule has 0 aliphatic rings. The summed E-state index contributed by atoms with van der Waals surface area (Å²) in [4.78, 5) is 11.6. The molecule has 0 saturated heterocycles. The van der Waals surface area contributed by atoms with Crippen molar-refractivity contribution in [1.82, 2.24) is 5.32 Å². The van der Waals surface area contributed by atoms with E-state index in [9.17, 15) is 18.8 Å². The van der Waals surface area contributed by atoms with Gasteiger partial charge in [-0.1, -0.05) is 50.1 Å². The smallest absolute Gasteiger partial charge is 0.772 e. The third-order valence-corrected chi connectivity index (χ3v) is 5.03. The van der Waals surface area contributed by atoms with Gasteiger partial charge in [0.05, 0.1) is 14.1 Å². The molecule has 0 aromatic heterocycles. The van der Waals surface area contributed by atoms with Gasteiger partial charge in [-0.25, -0.2) is 5.21 Å². The summed E-state index contributed by atoms with van der Waals surface area (Å²) in [7, 11) is 3.42. The normalized spacial score (nSPS) is 13.8. The maximum atomic E-state index is 11.6. The van der Waals surface area contributed by atoms with E-state index in [1.807, 2.05) is 6.92 Å². The number of nitrogens with zero attached hydrogens (tertiary/aromatic N) is 1.